The molecule has 0 aromatic heterocycles. The van der Waals surface area contributed by atoms with Crippen LogP contribution in [0.15, 0.2) is 29.2 Å². The summed E-state index contributed by atoms with van der Waals surface area (Å²) in [6, 6.07) is 3.42. The number of carbonyl (C=O) groups excluding carboxylic acids is 1. The lowest BCUT2D eigenvalue weighted by Gasteiger charge is -2.34. The summed E-state index contributed by atoms with van der Waals surface area (Å²) in [6.45, 7) is 4.87. The number of amides is 2. The van der Waals surface area contributed by atoms with Crippen LogP contribution in [0.1, 0.15) is 19.4 Å². The van der Waals surface area contributed by atoms with E-state index < -0.39 is 26.7 Å². The lowest BCUT2D eigenvalue weighted by Crippen LogP contribution is -2.53. The first kappa shape index (κ1) is 20.5. The summed E-state index contributed by atoms with van der Waals surface area (Å²) >= 11 is 0. The number of alkyl halides is 3. The number of piperazine rings is 1. The molecule has 0 aliphatic carbocycles. The predicted octanol–water partition coefficient (Wildman–Crippen LogP) is 2.38. The maximum atomic E-state index is 12.8. The average Bonchev–Trinajstić information content (AvgIpc) is 2.59. The molecule has 10 heteroatoms. The van der Waals surface area contributed by atoms with E-state index in [1.165, 1.54) is 4.90 Å². The maximum Gasteiger partial charge on any atom is 0.416 e. The van der Waals surface area contributed by atoms with Gasteiger partial charge in [-0.3, -0.25) is 0 Å². The molecule has 1 saturated heterocycles. The molecule has 2 rings (SSSR count). The van der Waals surface area contributed by atoms with Crippen LogP contribution >= 0.6 is 0 Å². The Bertz CT molecular complexity index is 743. The first-order valence-corrected chi connectivity index (χ1v) is 9.66. The molecule has 6 nitrogen and oxygen atoms in total. The van der Waals surface area contributed by atoms with Crippen molar-refractivity contribution < 1.29 is 26.4 Å². The summed E-state index contributed by atoms with van der Waals surface area (Å²) < 4.78 is 64.7. The monoisotopic (exact) mass is 393 g/mol. The van der Waals surface area contributed by atoms with Gasteiger partial charge < -0.3 is 10.2 Å². The van der Waals surface area contributed by atoms with E-state index >= 15 is 0 Å². The summed E-state index contributed by atoms with van der Waals surface area (Å²) in [5.74, 6) is 0.293. The molecule has 1 aromatic carbocycles. The van der Waals surface area contributed by atoms with E-state index in [0.717, 1.165) is 22.5 Å². The minimum atomic E-state index is -4.61. The van der Waals surface area contributed by atoms with Crippen molar-refractivity contribution >= 4 is 16.1 Å². The van der Waals surface area contributed by atoms with Crippen LogP contribution in [0.5, 0.6) is 0 Å². The Morgan fingerprint density at radius 2 is 1.81 bits per heavy atom. The zero-order valence-electron chi connectivity index (χ0n) is 14.6. The highest BCUT2D eigenvalue weighted by Gasteiger charge is 2.34. The van der Waals surface area contributed by atoms with Crippen LogP contribution in [-0.2, 0) is 16.2 Å². The van der Waals surface area contributed by atoms with Crippen molar-refractivity contribution in [1.82, 2.24) is 14.5 Å². The van der Waals surface area contributed by atoms with Gasteiger partial charge in [0.05, 0.1) is 10.5 Å². The Morgan fingerprint density at radius 1 is 1.19 bits per heavy atom. The van der Waals surface area contributed by atoms with Crippen molar-refractivity contribution in [2.45, 2.75) is 24.9 Å². The van der Waals surface area contributed by atoms with Gasteiger partial charge in [0, 0.05) is 32.7 Å². The number of hydrogen-bond acceptors (Lipinski definition) is 3. The second kappa shape index (κ2) is 7.83. The van der Waals surface area contributed by atoms with E-state index in [-0.39, 0.29) is 32.2 Å². The molecule has 146 valence electrons. The summed E-state index contributed by atoms with van der Waals surface area (Å²) in [7, 11) is -4.04. The number of sulfonamides is 1. The van der Waals surface area contributed by atoms with Crippen molar-refractivity contribution in [1.29, 1.82) is 0 Å². The van der Waals surface area contributed by atoms with Gasteiger partial charge in [0.1, 0.15) is 0 Å². The number of urea groups is 1. The molecule has 0 atom stereocenters. The fraction of sp³-hybridized carbons (Fsp3) is 0.562. The molecule has 0 saturated carbocycles. The number of halogens is 3. The van der Waals surface area contributed by atoms with Crippen LogP contribution < -0.4 is 5.32 Å². The Balaban J connectivity index is 2.05. The molecule has 0 bridgehead atoms. The lowest BCUT2D eigenvalue weighted by molar-refractivity contribution is -0.137. The third-order valence-electron chi connectivity index (χ3n) is 3.99. The van der Waals surface area contributed by atoms with Gasteiger partial charge in [-0.05, 0) is 24.1 Å². The van der Waals surface area contributed by atoms with Crippen molar-refractivity contribution in [3.63, 3.8) is 0 Å². The van der Waals surface area contributed by atoms with E-state index in [0.29, 0.717) is 18.5 Å². The number of nitrogens with one attached hydrogen (secondary N) is 1. The predicted molar refractivity (Wildman–Crippen MR) is 90.0 cm³/mol. The van der Waals surface area contributed by atoms with Crippen LogP contribution in [-0.4, -0.2) is 56.4 Å². The second-order valence-corrected chi connectivity index (χ2v) is 8.43. The third-order valence-corrected chi connectivity index (χ3v) is 5.88. The van der Waals surface area contributed by atoms with Crippen molar-refractivity contribution in [2.24, 2.45) is 5.92 Å². The SMILES string of the molecule is CC(C)CNC(=O)N1CCN(S(=O)(=O)c2cccc(C(F)(F)F)c2)CC1. The molecule has 0 spiro atoms. The van der Waals surface area contributed by atoms with Gasteiger partial charge in [0.2, 0.25) is 10.0 Å². The highest BCUT2D eigenvalue weighted by Crippen LogP contribution is 2.31. The molecule has 2 amide bonds. The minimum Gasteiger partial charge on any atom is -0.338 e. The van der Waals surface area contributed by atoms with Crippen molar-refractivity contribution in [3.8, 4) is 0 Å². The highest BCUT2D eigenvalue weighted by atomic mass is 32.2. The van der Waals surface area contributed by atoms with E-state index in [2.05, 4.69) is 5.32 Å². The standard InChI is InChI=1S/C16H22F3N3O3S/c1-12(2)11-20-15(23)21-6-8-22(9-7-21)26(24,25)14-5-3-4-13(10-14)16(17,18)19/h3-5,10,12H,6-9,11H2,1-2H3,(H,20,23). The first-order valence-electron chi connectivity index (χ1n) is 8.22. The minimum absolute atomic E-state index is 0.0354. The molecule has 26 heavy (non-hydrogen) atoms. The zero-order chi connectivity index (χ0) is 19.5. The maximum absolute atomic E-state index is 12.8. The Hall–Kier alpha value is -1.81. The van der Waals surface area contributed by atoms with E-state index in [4.69, 9.17) is 0 Å². The van der Waals surface area contributed by atoms with Gasteiger partial charge in [-0.25, -0.2) is 13.2 Å². The Kier molecular flexibility index (Phi) is 6.17. The van der Waals surface area contributed by atoms with Crippen molar-refractivity contribution in [2.75, 3.05) is 32.7 Å². The molecular formula is C16H22F3N3O3S. The largest absolute Gasteiger partial charge is 0.416 e. The molecule has 1 aliphatic heterocycles. The smallest absolute Gasteiger partial charge is 0.338 e. The number of carbonyl (C=O) groups is 1. The lowest BCUT2D eigenvalue weighted by atomic mass is 10.2. The van der Waals surface area contributed by atoms with Crippen LogP contribution in [0.2, 0.25) is 0 Å². The van der Waals surface area contributed by atoms with Gasteiger partial charge >= 0.3 is 12.2 Å². The van der Waals surface area contributed by atoms with Crippen molar-refractivity contribution in [3.05, 3.63) is 29.8 Å². The van der Waals surface area contributed by atoms with E-state index in [1.54, 1.807) is 0 Å². The van der Waals surface area contributed by atoms with E-state index in [9.17, 15) is 26.4 Å². The molecule has 1 aromatic rings. The molecule has 1 aliphatic rings. The average molecular weight is 393 g/mol. The quantitative estimate of drug-likeness (QED) is 0.854. The first-order chi connectivity index (χ1) is 12.0. The number of nitrogens with zero attached hydrogens (tertiary/aromatic N) is 2. The zero-order valence-corrected chi connectivity index (χ0v) is 15.4. The van der Waals surface area contributed by atoms with Crippen LogP contribution in [0, 0.1) is 5.92 Å². The molecule has 1 heterocycles. The fourth-order valence-electron chi connectivity index (χ4n) is 2.52. The number of hydrogen-bond donors (Lipinski definition) is 1. The molecule has 1 N–H and O–H groups in total. The van der Waals surface area contributed by atoms with Gasteiger partial charge in [-0.1, -0.05) is 19.9 Å². The summed E-state index contributed by atoms with van der Waals surface area (Å²) in [6.07, 6.45) is -4.61. The molecule has 0 radical (unpaired) electrons. The fourth-order valence-corrected chi connectivity index (χ4v) is 3.99. The molecular weight excluding hydrogens is 371 g/mol. The normalized spacial score (nSPS) is 16.8. The Labute approximate surface area is 151 Å². The van der Waals surface area contributed by atoms with E-state index in [1.807, 2.05) is 13.8 Å². The summed E-state index contributed by atoms with van der Waals surface area (Å²) in [5, 5.41) is 2.76. The van der Waals surface area contributed by atoms with Crippen LogP contribution in [0.25, 0.3) is 0 Å². The molecule has 1 fully saturated rings. The van der Waals surface area contributed by atoms with Crippen LogP contribution in [0.4, 0.5) is 18.0 Å². The van der Waals surface area contributed by atoms with Gasteiger partial charge in [0.25, 0.3) is 0 Å². The number of benzene rings is 1. The molecule has 0 unspecified atom stereocenters. The van der Waals surface area contributed by atoms with Gasteiger partial charge in [0.15, 0.2) is 0 Å². The summed E-state index contributed by atoms with van der Waals surface area (Å²) in [5.41, 5.74) is -1.01. The third kappa shape index (κ3) is 4.88. The second-order valence-electron chi connectivity index (χ2n) is 6.50. The summed E-state index contributed by atoms with van der Waals surface area (Å²) in [4.78, 5) is 13.1. The van der Waals surface area contributed by atoms with Crippen LogP contribution in [0.3, 0.4) is 0 Å². The topological polar surface area (TPSA) is 69.7 Å². The number of rotatable bonds is 4. The van der Waals surface area contributed by atoms with Gasteiger partial charge in [-0.15, -0.1) is 0 Å². The highest BCUT2D eigenvalue weighted by molar-refractivity contribution is 7.89. The Morgan fingerprint density at radius 3 is 2.35 bits per heavy atom. The van der Waals surface area contributed by atoms with Gasteiger partial charge in [-0.2, -0.15) is 17.5 Å².